The molecule has 1 aromatic heterocycles. The molecule has 1 aromatic carbocycles. The zero-order valence-corrected chi connectivity index (χ0v) is 10.6. The van der Waals surface area contributed by atoms with E-state index in [1.165, 1.54) is 16.7 Å². The summed E-state index contributed by atoms with van der Waals surface area (Å²) < 4.78 is 10.4. The number of hydrogen-bond donors (Lipinski definition) is 0. The summed E-state index contributed by atoms with van der Waals surface area (Å²) in [6.07, 6.45) is 1.72. The molecule has 0 saturated heterocycles. The average Bonchev–Trinajstić information content (AvgIpc) is 2.99. The van der Waals surface area contributed by atoms with Crippen LogP contribution in [0.4, 0.5) is 5.82 Å². The molecule has 2 heterocycles. The molecule has 0 saturated carbocycles. The zero-order chi connectivity index (χ0) is 13.2. The van der Waals surface area contributed by atoms with Crippen molar-refractivity contribution in [2.24, 2.45) is 0 Å². The molecule has 0 N–H and O–H groups in total. The van der Waals surface area contributed by atoms with Gasteiger partial charge in [-0.25, -0.2) is 0 Å². The third kappa shape index (κ3) is 2.13. The number of amides is 1. The van der Waals surface area contributed by atoms with Crippen LogP contribution >= 0.6 is 0 Å². The largest absolute Gasteiger partial charge is 0.363 e. The minimum absolute atomic E-state index is 0.138. The lowest BCUT2D eigenvalue weighted by Crippen LogP contribution is -2.35. The Morgan fingerprint density at radius 2 is 2.21 bits per heavy atom. The summed E-state index contributed by atoms with van der Waals surface area (Å²) >= 11 is 0. The third-order valence-electron chi connectivity index (χ3n) is 3.32. The summed E-state index contributed by atoms with van der Waals surface area (Å²) in [5, 5.41) is 3.76. The van der Waals surface area contributed by atoms with E-state index in [0.29, 0.717) is 12.4 Å². The number of aromatic nitrogens is 1. The molecule has 19 heavy (non-hydrogen) atoms. The Kier molecular flexibility index (Phi) is 3.05. The van der Waals surface area contributed by atoms with Crippen molar-refractivity contribution in [2.45, 2.75) is 12.5 Å². The SMILES string of the molecule is CN(C(=O)C1OCCc2ccccc21)c1ccon1. The second-order valence-electron chi connectivity index (χ2n) is 4.45. The molecule has 1 aliphatic heterocycles. The molecule has 98 valence electrons. The molecule has 5 nitrogen and oxygen atoms in total. The molecule has 2 aromatic rings. The Labute approximate surface area is 110 Å². The van der Waals surface area contributed by atoms with Crippen LogP contribution in [-0.2, 0) is 16.0 Å². The van der Waals surface area contributed by atoms with Crippen molar-refractivity contribution >= 4 is 11.7 Å². The Morgan fingerprint density at radius 1 is 1.37 bits per heavy atom. The van der Waals surface area contributed by atoms with Crippen LogP contribution in [0.5, 0.6) is 0 Å². The Bertz CT molecular complexity index is 580. The second kappa shape index (κ2) is 4.85. The Morgan fingerprint density at radius 3 is 3.00 bits per heavy atom. The lowest BCUT2D eigenvalue weighted by Gasteiger charge is -2.27. The van der Waals surface area contributed by atoms with E-state index in [2.05, 4.69) is 5.16 Å². The van der Waals surface area contributed by atoms with Gasteiger partial charge in [-0.3, -0.25) is 9.69 Å². The van der Waals surface area contributed by atoms with E-state index < -0.39 is 6.10 Å². The number of nitrogens with zero attached hydrogens (tertiary/aromatic N) is 2. The van der Waals surface area contributed by atoms with Gasteiger partial charge in [0.25, 0.3) is 5.91 Å². The van der Waals surface area contributed by atoms with E-state index >= 15 is 0 Å². The van der Waals surface area contributed by atoms with Gasteiger partial charge in [0, 0.05) is 13.1 Å². The first-order valence-corrected chi connectivity index (χ1v) is 6.15. The molecule has 1 unspecified atom stereocenters. The normalized spacial score (nSPS) is 17.8. The van der Waals surface area contributed by atoms with Crippen molar-refractivity contribution in [2.75, 3.05) is 18.6 Å². The molecule has 0 bridgehead atoms. The van der Waals surface area contributed by atoms with Crippen LogP contribution in [0.25, 0.3) is 0 Å². The Hall–Kier alpha value is -2.14. The van der Waals surface area contributed by atoms with E-state index in [1.807, 2.05) is 24.3 Å². The van der Waals surface area contributed by atoms with Crippen LogP contribution in [-0.4, -0.2) is 24.7 Å². The van der Waals surface area contributed by atoms with E-state index in [9.17, 15) is 4.79 Å². The summed E-state index contributed by atoms with van der Waals surface area (Å²) in [6.45, 7) is 0.556. The Balaban J connectivity index is 1.89. The van der Waals surface area contributed by atoms with Gasteiger partial charge in [0.2, 0.25) is 0 Å². The number of hydrogen-bond acceptors (Lipinski definition) is 4. The quantitative estimate of drug-likeness (QED) is 0.826. The molecule has 0 fully saturated rings. The second-order valence-corrected chi connectivity index (χ2v) is 4.45. The van der Waals surface area contributed by atoms with E-state index in [0.717, 1.165) is 12.0 Å². The summed E-state index contributed by atoms with van der Waals surface area (Å²) in [6, 6.07) is 9.52. The molecule has 0 aliphatic carbocycles. The lowest BCUT2D eigenvalue weighted by molar-refractivity contribution is -0.131. The van der Waals surface area contributed by atoms with Crippen LogP contribution < -0.4 is 4.90 Å². The van der Waals surface area contributed by atoms with Gasteiger partial charge in [-0.05, 0) is 17.5 Å². The number of carbonyl (C=O) groups is 1. The molecule has 1 amide bonds. The van der Waals surface area contributed by atoms with Crippen molar-refractivity contribution in [3.05, 3.63) is 47.7 Å². The first-order valence-electron chi connectivity index (χ1n) is 6.15. The number of ether oxygens (including phenoxy) is 1. The molecule has 0 spiro atoms. The molecule has 1 atom stereocenters. The maximum atomic E-state index is 12.5. The van der Waals surface area contributed by atoms with E-state index in [4.69, 9.17) is 9.26 Å². The smallest absolute Gasteiger partial charge is 0.261 e. The van der Waals surface area contributed by atoms with Gasteiger partial charge in [0.1, 0.15) is 6.26 Å². The first-order chi connectivity index (χ1) is 9.27. The molecule has 0 radical (unpaired) electrons. The van der Waals surface area contributed by atoms with E-state index in [1.54, 1.807) is 13.1 Å². The number of likely N-dealkylation sites (N-methyl/N-ethyl adjacent to an activating group) is 1. The fourth-order valence-corrected chi connectivity index (χ4v) is 2.27. The minimum Gasteiger partial charge on any atom is -0.363 e. The van der Waals surface area contributed by atoms with Gasteiger partial charge >= 0.3 is 0 Å². The number of carbonyl (C=O) groups excluding carboxylic acids is 1. The number of anilines is 1. The van der Waals surface area contributed by atoms with Crippen molar-refractivity contribution < 1.29 is 14.1 Å². The highest BCUT2D eigenvalue weighted by Crippen LogP contribution is 2.29. The highest BCUT2D eigenvalue weighted by Gasteiger charge is 2.30. The molecular weight excluding hydrogens is 244 g/mol. The lowest BCUT2D eigenvalue weighted by atomic mass is 9.97. The number of benzene rings is 1. The first kappa shape index (κ1) is 11.9. The third-order valence-corrected chi connectivity index (χ3v) is 3.32. The monoisotopic (exact) mass is 258 g/mol. The van der Waals surface area contributed by atoms with Crippen LogP contribution in [0.15, 0.2) is 41.1 Å². The highest BCUT2D eigenvalue weighted by molar-refractivity contribution is 5.96. The number of rotatable bonds is 2. The van der Waals surface area contributed by atoms with Gasteiger partial charge in [-0.15, -0.1) is 0 Å². The predicted octanol–water partition coefficient (Wildman–Crippen LogP) is 1.95. The van der Waals surface area contributed by atoms with Gasteiger partial charge in [0.15, 0.2) is 11.9 Å². The molecule has 5 heteroatoms. The maximum absolute atomic E-state index is 12.5. The van der Waals surface area contributed by atoms with Gasteiger partial charge in [-0.1, -0.05) is 29.4 Å². The topological polar surface area (TPSA) is 55.6 Å². The number of fused-ring (bicyclic) bond motifs is 1. The van der Waals surface area contributed by atoms with Crippen molar-refractivity contribution in [1.82, 2.24) is 5.16 Å². The van der Waals surface area contributed by atoms with Crippen LogP contribution in [0.2, 0.25) is 0 Å². The van der Waals surface area contributed by atoms with Gasteiger partial charge < -0.3 is 9.26 Å². The van der Waals surface area contributed by atoms with Crippen molar-refractivity contribution in [3.63, 3.8) is 0 Å². The standard InChI is InChI=1S/C14H14N2O3/c1-16(12-7-9-19-15-12)14(17)13-11-5-3-2-4-10(11)6-8-18-13/h2-5,7,9,13H,6,8H2,1H3. The van der Waals surface area contributed by atoms with Crippen LogP contribution in [0.1, 0.15) is 17.2 Å². The van der Waals surface area contributed by atoms with Crippen LogP contribution in [0.3, 0.4) is 0 Å². The summed E-state index contributed by atoms with van der Waals surface area (Å²) in [4.78, 5) is 13.9. The molecule has 1 aliphatic rings. The average molecular weight is 258 g/mol. The maximum Gasteiger partial charge on any atom is 0.261 e. The van der Waals surface area contributed by atoms with Crippen molar-refractivity contribution in [1.29, 1.82) is 0 Å². The minimum atomic E-state index is -0.563. The highest BCUT2D eigenvalue weighted by atomic mass is 16.5. The summed E-state index contributed by atoms with van der Waals surface area (Å²) in [5.74, 6) is 0.345. The fraction of sp³-hybridized carbons (Fsp3) is 0.286. The van der Waals surface area contributed by atoms with Crippen LogP contribution in [0, 0.1) is 0 Å². The van der Waals surface area contributed by atoms with Gasteiger partial charge in [0.05, 0.1) is 6.61 Å². The summed E-state index contributed by atoms with van der Waals surface area (Å²) in [5.41, 5.74) is 2.11. The summed E-state index contributed by atoms with van der Waals surface area (Å²) in [7, 11) is 1.67. The van der Waals surface area contributed by atoms with Crippen molar-refractivity contribution in [3.8, 4) is 0 Å². The molecule has 3 rings (SSSR count). The predicted molar refractivity (Wildman–Crippen MR) is 68.8 cm³/mol. The van der Waals surface area contributed by atoms with E-state index in [-0.39, 0.29) is 5.91 Å². The van der Waals surface area contributed by atoms with Gasteiger partial charge in [-0.2, -0.15) is 0 Å². The zero-order valence-electron chi connectivity index (χ0n) is 10.6. The molecular formula is C14H14N2O3. The fourth-order valence-electron chi connectivity index (χ4n) is 2.27.